The fraction of sp³-hybridized carbons (Fsp3) is 1.00. The molecule has 1 spiro atoms. The molecule has 2 heterocycles. The van der Waals surface area contributed by atoms with Crippen molar-refractivity contribution in [2.24, 2.45) is 0 Å². The average molecular weight is 199 g/mol. The molecule has 2 aliphatic rings. The van der Waals surface area contributed by atoms with E-state index in [-0.39, 0.29) is 24.8 Å². The molecule has 0 saturated carbocycles. The molecule has 68 valence electrons. The van der Waals surface area contributed by atoms with Gasteiger partial charge < -0.3 is 10.6 Å². The minimum Gasteiger partial charge on any atom is -0.315 e. The van der Waals surface area contributed by atoms with Gasteiger partial charge >= 0.3 is 0 Å². The number of hydrogen-bond donors (Lipinski definition) is 2. The maximum Gasteiger partial charge on any atom is 0.0318 e. The fourth-order valence-corrected chi connectivity index (χ4v) is 1.98. The molecule has 0 bridgehead atoms. The number of rotatable bonds is 0. The molecule has 0 aromatic carbocycles. The summed E-state index contributed by atoms with van der Waals surface area (Å²) >= 11 is 0. The lowest BCUT2D eigenvalue weighted by Gasteiger charge is -2.21. The van der Waals surface area contributed by atoms with Crippen LogP contribution in [0.2, 0.25) is 0 Å². The average Bonchev–Trinajstić information content (AvgIpc) is 2.45. The van der Waals surface area contributed by atoms with Crippen molar-refractivity contribution >= 4 is 24.8 Å². The highest BCUT2D eigenvalue weighted by Crippen LogP contribution is 2.24. The molecule has 4 heteroatoms. The molecule has 2 N–H and O–H groups in total. The van der Waals surface area contributed by atoms with Crippen molar-refractivity contribution < 1.29 is 0 Å². The Labute approximate surface area is 80.3 Å². The van der Waals surface area contributed by atoms with Crippen LogP contribution >= 0.6 is 24.8 Å². The van der Waals surface area contributed by atoms with Crippen molar-refractivity contribution in [3.05, 3.63) is 0 Å². The summed E-state index contributed by atoms with van der Waals surface area (Å²) in [6, 6.07) is 0. The lowest BCUT2D eigenvalue weighted by atomic mass is 9.97. The van der Waals surface area contributed by atoms with E-state index < -0.39 is 0 Å². The van der Waals surface area contributed by atoms with Gasteiger partial charge in [-0.15, -0.1) is 24.8 Å². The van der Waals surface area contributed by atoms with Gasteiger partial charge in [-0.2, -0.15) is 0 Å². The summed E-state index contributed by atoms with van der Waals surface area (Å²) in [6.45, 7) is 3.65. The van der Waals surface area contributed by atoms with E-state index in [1.54, 1.807) is 0 Å². The Hall–Kier alpha value is 0.500. The van der Waals surface area contributed by atoms with Gasteiger partial charge in [0.2, 0.25) is 0 Å². The molecule has 0 aromatic heterocycles. The minimum absolute atomic E-state index is 0. The third kappa shape index (κ3) is 2.22. The summed E-state index contributed by atoms with van der Waals surface area (Å²) in [5.74, 6) is 0. The monoisotopic (exact) mass is 198 g/mol. The van der Waals surface area contributed by atoms with Gasteiger partial charge in [-0.3, -0.25) is 0 Å². The van der Waals surface area contributed by atoms with Crippen molar-refractivity contribution in [2.75, 3.05) is 19.6 Å². The van der Waals surface area contributed by atoms with Crippen molar-refractivity contribution in [2.45, 2.75) is 24.8 Å². The Morgan fingerprint density at radius 2 is 1.82 bits per heavy atom. The van der Waals surface area contributed by atoms with Gasteiger partial charge in [0.1, 0.15) is 0 Å². The van der Waals surface area contributed by atoms with E-state index in [9.17, 15) is 0 Å². The summed E-state index contributed by atoms with van der Waals surface area (Å²) in [5.41, 5.74) is 0.528. The first-order valence-electron chi connectivity index (χ1n) is 3.87. The molecule has 2 fully saturated rings. The van der Waals surface area contributed by atoms with E-state index in [2.05, 4.69) is 10.6 Å². The van der Waals surface area contributed by atoms with Crippen LogP contribution in [0, 0.1) is 0 Å². The molecular formula is C7H16Cl2N2. The summed E-state index contributed by atoms with van der Waals surface area (Å²) in [4.78, 5) is 0. The van der Waals surface area contributed by atoms with Crippen LogP contribution in [0.25, 0.3) is 0 Å². The molecule has 2 nitrogen and oxygen atoms in total. The Bertz CT molecular complexity index is 89.5. The number of nitrogens with one attached hydrogen (secondary N) is 2. The molecule has 0 radical (unpaired) electrons. The summed E-state index contributed by atoms with van der Waals surface area (Å²) in [5, 5.41) is 6.96. The third-order valence-corrected chi connectivity index (χ3v) is 2.58. The van der Waals surface area contributed by atoms with E-state index in [1.807, 2.05) is 0 Å². The number of halogens is 2. The molecule has 2 saturated heterocycles. The molecule has 2 aliphatic heterocycles. The first-order valence-corrected chi connectivity index (χ1v) is 3.87. The highest BCUT2D eigenvalue weighted by Gasteiger charge is 2.35. The van der Waals surface area contributed by atoms with Gasteiger partial charge in [-0.1, -0.05) is 0 Å². The molecule has 1 atom stereocenters. The molecule has 0 amide bonds. The minimum atomic E-state index is 0. The zero-order chi connectivity index (χ0) is 6.16. The zero-order valence-electron chi connectivity index (χ0n) is 6.56. The lowest BCUT2D eigenvalue weighted by molar-refractivity contribution is 0.414. The van der Waals surface area contributed by atoms with Crippen LogP contribution < -0.4 is 10.6 Å². The maximum atomic E-state index is 3.57. The van der Waals surface area contributed by atoms with Crippen LogP contribution in [0.15, 0.2) is 0 Å². The molecular weight excluding hydrogens is 183 g/mol. The van der Waals surface area contributed by atoms with Crippen molar-refractivity contribution in [3.63, 3.8) is 0 Å². The molecule has 0 aromatic rings. The fourth-order valence-electron chi connectivity index (χ4n) is 1.98. The second kappa shape index (κ2) is 4.51. The first-order chi connectivity index (χ1) is 4.41. The van der Waals surface area contributed by atoms with Gasteiger partial charge in [-0.25, -0.2) is 0 Å². The van der Waals surface area contributed by atoms with Crippen molar-refractivity contribution in [3.8, 4) is 0 Å². The molecule has 0 unspecified atom stereocenters. The van der Waals surface area contributed by atoms with E-state index in [4.69, 9.17) is 0 Å². The van der Waals surface area contributed by atoms with Gasteiger partial charge in [0, 0.05) is 12.1 Å². The van der Waals surface area contributed by atoms with E-state index in [0.717, 1.165) is 0 Å². The Morgan fingerprint density at radius 3 is 2.27 bits per heavy atom. The smallest absolute Gasteiger partial charge is 0.0318 e. The highest BCUT2D eigenvalue weighted by molar-refractivity contribution is 5.85. The van der Waals surface area contributed by atoms with Crippen molar-refractivity contribution in [1.29, 1.82) is 0 Å². The van der Waals surface area contributed by atoms with Gasteiger partial charge in [0.25, 0.3) is 0 Å². The van der Waals surface area contributed by atoms with Gasteiger partial charge in [0.05, 0.1) is 0 Å². The van der Waals surface area contributed by atoms with Crippen LogP contribution in [0.1, 0.15) is 19.3 Å². The standard InChI is InChI=1S/C7H14N2.2ClH/c1-2-7(9-4-1)3-5-8-6-7;;/h8-9H,1-6H2;2*1H/t7-;;/m0../s1. The van der Waals surface area contributed by atoms with E-state index in [0.29, 0.717) is 5.54 Å². The normalized spacial score (nSPS) is 34.9. The largest absolute Gasteiger partial charge is 0.315 e. The predicted octanol–water partition coefficient (Wildman–Crippen LogP) is 0.945. The van der Waals surface area contributed by atoms with Crippen LogP contribution in [0.5, 0.6) is 0 Å². The van der Waals surface area contributed by atoms with Crippen LogP contribution in [0.4, 0.5) is 0 Å². The first kappa shape index (κ1) is 11.5. The summed E-state index contributed by atoms with van der Waals surface area (Å²) < 4.78 is 0. The lowest BCUT2D eigenvalue weighted by Crippen LogP contribution is -2.41. The Balaban J connectivity index is 0.000000500. The maximum absolute atomic E-state index is 3.57. The van der Waals surface area contributed by atoms with Crippen LogP contribution in [0.3, 0.4) is 0 Å². The Morgan fingerprint density at radius 1 is 1.00 bits per heavy atom. The van der Waals surface area contributed by atoms with Crippen LogP contribution in [-0.4, -0.2) is 25.2 Å². The summed E-state index contributed by atoms with van der Waals surface area (Å²) in [6.07, 6.45) is 4.11. The van der Waals surface area contributed by atoms with Gasteiger partial charge in [0.15, 0.2) is 0 Å². The predicted molar refractivity (Wildman–Crippen MR) is 52.0 cm³/mol. The second-order valence-electron chi connectivity index (χ2n) is 3.24. The van der Waals surface area contributed by atoms with E-state index in [1.165, 1.54) is 38.9 Å². The van der Waals surface area contributed by atoms with Crippen molar-refractivity contribution in [1.82, 2.24) is 10.6 Å². The number of hydrogen-bond acceptors (Lipinski definition) is 2. The summed E-state index contributed by atoms with van der Waals surface area (Å²) in [7, 11) is 0. The second-order valence-corrected chi connectivity index (χ2v) is 3.24. The van der Waals surface area contributed by atoms with E-state index >= 15 is 0 Å². The molecule has 0 aliphatic carbocycles. The molecule has 11 heavy (non-hydrogen) atoms. The third-order valence-electron chi connectivity index (χ3n) is 2.58. The van der Waals surface area contributed by atoms with Crippen LogP contribution in [-0.2, 0) is 0 Å². The molecule has 2 rings (SSSR count). The SMILES string of the molecule is C1CN[C@@]2(C1)CCNC2.Cl.Cl. The zero-order valence-corrected chi connectivity index (χ0v) is 8.19. The highest BCUT2D eigenvalue weighted by atomic mass is 35.5. The quantitative estimate of drug-likeness (QED) is 0.606. The Kier molecular flexibility index (Phi) is 4.71. The topological polar surface area (TPSA) is 24.1 Å². The van der Waals surface area contributed by atoms with Gasteiger partial charge in [-0.05, 0) is 32.4 Å².